The molecule has 3 nitrogen and oxygen atoms in total. The maximum atomic E-state index is 6.52. The summed E-state index contributed by atoms with van der Waals surface area (Å²) >= 11 is 6.52. The number of rotatable bonds is 6. The lowest BCUT2D eigenvalue weighted by Crippen LogP contribution is -2.35. The van der Waals surface area contributed by atoms with Crippen LogP contribution in [0, 0.1) is 0 Å². The summed E-state index contributed by atoms with van der Waals surface area (Å²) in [6.45, 7) is 7.39. The Morgan fingerprint density at radius 2 is 2.19 bits per heavy atom. The van der Waals surface area contributed by atoms with E-state index in [1.165, 1.54) is 31.2 Å². The molecule has 1 aliphatic rings. The lowest BCUT2D eigenvalue weighted by atomic mass is 10.1. The van der Waals surface area contributed by atoms with Gasteiger partial charge in [-0.05, 0) is 43.9 Å². The van der Waals surface area contributed by atoms with Crippen LogP contribution in [0.25, 0.3) is 0 Å². The second-order valence-electron chi connectivity index (χ2n) is 5.93. The van der Waals surface area contributed by atoms with E-state index in [0.717, 1.165) is 43.3 Å². The van der Waals surface area contributed by atoms with Crippen LogP contribution in [0.3, 0.4) is 0 Å². The van der Waals surface area contributed by atoms with Gasteiger partial charge in [0.25, 0.3) is 0 Å². The van der Waals surface area contributed by atoms with Crippen LogP contribution < -0.4 is 10.2 Å². The normalized spacial score (nSPS) is 19.6. The monoisotopic (exact) mass is 309 g/mol. The molecule has 1 aromatic rings. The van der Waals surface area contributed by atoms with E-state index < -0.39 is 0 Å². The Kier molecular flexibility index (Phi) is 6.78. The van der Waals surface area contributed by atoms with Gasteiger partial charge < -0.3 is 10.2 Å². The summed E-state index contributed by atoms with van der Waals surface area (Å²) in [7, 11) is 0. The minimum absolute atomic E-state index is 0.585. The summed E-state index contributed by atoms with van der Waals surface area (Å²) in [5.74, 6) is 0.977. The number of nitrogens with zero attached hydrogens (tertiary/aromatic N) is 2. The number of nitrogens with one attached hydrogen (secondary N) is 1. The van der Waals surface area contributed by atoms with Crippen molar-refractivity contribution in [1.29, 1.82) is 0 Å². The number of hydrogen-bond donors (Lipinski definition) is 1. The van der Waals surface area contributed by atoms with Crippen LogP contribution in [0.4, 0.5) is 5.82 Å². The molecule has 0 saturated carbocycles. The molecule has 0 bridgehead atoms. The topological polar surface area (TPSA) is 28.2 Å². The van der Waals surface area contributed by atoms with Gasteiger partial charge in [0.05, 0.1) is 5.02 Å². The highest BCUT2D eigenvalue weighted by Crippen LogP contribution is 2.30. The molecule has 118 valence electrons. The van der Waals surface area contributed by atoms with Gasteiger partial charge in [-0.15, -0.1) is 0 Å². The predicted octanol–water partition coefficient (Wildman–Crippen LogP) is 4.39. The van der Waals surface area contributed by atoms with Gasteiger partial charge in [0.15, 0.2) is 0 Å². The summed E-state index contributed by atoms with van der Waals surface area (Å²) < 4.78 is 0. The van der Waals surface area contributed by atoms with E-state index >= 15 is 0 Å². The van der Waals surface area contributed by atoms with E-state index in [1.807, 2.05) is 6.20 Å². The van der Waals surface area contributed by atoms with Crippen LogP contribution in [0.15, 0.2) is 12.3 Å². The summed E-state index contributed by atoms with van der Waals surface area (Å²) in [6, 6.07) is 2.66. The third-order valence-corrected chi connectivity index (χ3v) is 4.53. The Hall–Kier alpha value is -0.800. The Bertz CT molecular complexity index is 436. The van der Waals surface area contributed by atoms with Gasteiger partial charge in [0.2, 0.25) is 0 Å². The summed E-state index contributed by atoms with van der Waals surface area (Å²) in [5.41, 5.74) is 1.17. The quantitative estimate of drug-likeness (QED) is 0.790. The fraction of sp³-hybridized carbons (Fsp3) is 0.706. The fourth-order valence-corrected chi connectivity index (χ4v) is 3.37. The predicted molar refractivity (Wildman–Crippen MR) is 91.1 cm³/mol. The molecule has 1 fully saturated rings. The molecule has 4 heteroatoms. The average molecular weight is 310 g/mol. The molecule has 2 heterocycles. The largest absolute Gasteiger partial charge is 0.352 e. The second kappa shape index (κ2) is 8.60. The molecule has 1 saturated heterocycles. The molecule has 0 aliphatic carbocycles. The highest BCUT2D eigenvalue weighted by Gasteiger charge is 2.22. The van der Waals surface area contributed by atoms with E-state index in [0.29, 0.717) is 6.04 Å². The summed E-state index contributed by atoms with van der Waals surface area (Å²) in [5, 5.41) is 4.19. The van der Waals surface area contributed by atoms with Gasteiger partial charge in [0, 0.05) is 25.3 Å². The zero-order valence-electron chi connectivity index (χ0n) is 13.4. The number of aromatic nitrogens is 1. The number of halogens is 1. The molecule has 0 aromatic carbocycles. The van der Waals surface area contributed by atoms with Crippen molar-refractivity contribution in [3.63, 3.8) is 0 Å². The summed E-state index contributed by atoms with van der Waals surface area (Å²) in [6.07, 6.45) is 9.43. The van der Waals surface area contributed by atoms with E-state index in [9.17, 15) is 0 Å². The van der Waals surface area contributed by atoms with Crippen LogP contribution in [0.2, 0.25) is 5.02 Å². The van der Waals surface area contributed by atoms with Gasteiger partial charge in [-0.2, -0.15) is 0 Å². The summed E-state index contributed by atoms with van der Waals surface area (Å²) in [4.78, 5) is 7.10. The second-order valence-corrected chi connectivity index (χ2v) is 6.34. The zero-order valence-corrected chi connectivity index (χ0v) is 14.1. The van der Waals surface area contributed by atoms with Crippen LogP contribution in [0.1, 0.15) is 57.9 Å². The maximum absolute atomic E-state index is 6.52. The molecule has 1 N–H and O–H groups in total. The zero-order chi connectivity index (χ0) is 15.1. The maximum Gasteiger partial charge on any atom is 0.147 e. The van der Waals surface area contributed by atoms with Crippen molar-refractivity contribution in [2.24, 2.45) is 0 Å². The lowest BCUT2D eigenvalue weighted by Gasteiger charge is -2.31. The van der Waals surface area contributed by atoms with E-state index in [2.05, 4.69) is 35.1 Å². The molecule has 1 aliphatic heterocycles. The van der Waals surface area contributed by atoms with E-state index in [-0.39, 0.29) is 0 Å². The SMILES string of the molecule is CCCNCc1cnc(N2CCCCCC2CC)c(Cl)c1. The first kappa shape index (κ1) is 16.6. The van der Waals surface area contributed by atoms with Crippen molar-refractivity contribution in [3.8, 4) is 0 Å². The molecule has 0 amide bonds. The van der Waals surface area contributed by atoms with E-state index in [4.69, 9.17) is 11.6 Å². The molecule has 0 radical (unpaired) electrons. The third kappa shape index (κ3) is 4.58. The molecular formula is C17H28ClN3. The Balaban J connectivity index is 2.10. The van der Waals surface area contributed by atoms with Crippen LogP contribution in [0.5, 0.6) is 0 Å². The standard InChI is InChI=1S/C17H28ClN3/c1-3-9-19-12-14-11-16(18)17(20-13-14)21-10-7-5-6-8-15(21)4-2/h11,13,15,19H,3-10,12H2,1-2H3. The van der Waals surface area contributed by atoms with Gasteiger partial charge in [-0.3, -0.25) is 0 Å². The first-order valence-electron chi connectivity index (χ1n) is 8.38. The molecule has 21 heavy (non-hydrogen) atoms. The Morgan fingerprint density at radius 1 is 1.33 bits per heavy atom. The number of anilines is 1. The van der Waals surface area contributed by atoms with Gasteiger partial charge in [0.1, 0.15) is 5.82 Å². The highest BCUT2D eigenvalue weighted by atomic mass is 35.5. The smallest absolute Gasteiger partial charge is 0.147 e. The van der Waals surface area contributed by atoms with Gasteiger partial charge >= 0.3 is 0 Å². The molecule has 1 aromatic heterocycles. The lowest BCUT2D eigenvalue weighted by molar-refractivity contribution is 0.552. The molecule has 2 rings (SSSR count). The Morgan fingerprint density at radius 3 is 2.90 bits per heavy atom. The molecule has 0 spiro atoms. The number of pyridine rings is 1. The van der Waals surface area contributed by atoms with Crippen LogP contribution in [-0.4, -0.2) is 24.1 Å². The average Bonchev–Trinajstić information content (AvgIpc) is 2.73. The minimum atomic E-state index is 0.585. The fourth-order valence-electron chi connectivity index (χ4n) is 3.07. The van der Waals surface area contributed by atoms with E-state index in [1.54, 1.807) is 0 Å². The van der Waals surface area contributed by atoms with Crippen LogP contribution in [-0.2, 0) is 6.54 Å². The van der Waals surface area contributed by atoms with Crippen molar-refractivity contribution >= 4 is 17.4 Å². The van der Waals surface area contributed by atoms with Gasteiger partial charge in [-0.25, -0.2) is 4.98 Å². The molecule has 1 unspecified atom stereocenters. The van der Waals surface area contributed by atoms with Gasteiger partial charge in [-0.1, -0.05) is 38.3 Å². The molecular weight excluding hydrogens is 282 g/mol. The highest BCUT2D eigenvalue weighted by molar-refractivity contribution is 6.33. The van der Waals surface area contributed by atoms with Crippen molar-refractivity contribution in [2.75, 3.05) is 18.0 Å². The Labute approximate surface area is 134 Å². The van der Waals surface area contributed by atoms with Crippen LogP contribution >= 0.6 is 11.6 Å². The van der Waals surface area contributed by atoms with Crippen molar-refractivity contribution in [1.82, 2.24) is 10.3 Å². The first-order chi connectivity index (χ1) is 10.3. The minimum Gasteiger partial charge on any atom is -0.352 e. The van der Waals surface area contributed by atoms with Crippen molar-refractivity contribution in [3.05, 3.63) is 22.8 Å². The molecule has 1 atom stereocenters. The third-order valence-electron chi connectivity index (χ3n) is 4.25. The van der Waals surface area contributed by atoms with Crippen molar-refractivity contribution < 1.29 is 0 Å². The van der Waals surface area contributed by atoms with Crippen molar-refractivity contribution in [2.45, 2.75) is 65.0 Å². The number of hydrogen-bond acceptors (Lipinski definition) is 3. The first-order valence-corrected chi connectivity index (χ1v) is 8.75.